The van der Waals surface area contributed by atoms with Crippen LogP contribution in [0, 0.1) is 0 Å². The summed E-state index contributed by atoms with van der Waals surface area (Å²) in [6.07, 6.45) is 7.80. The Morgan fingerprint density at radius 2 is 1.94 bits per heavy atom. The van der Waals surface area contributed by atoms with Gasteiger partial charge in [-0.2, -0.15) is 0 Å². The highest BCUT2D eigenvalue weighted by atomic mass is 15.2. The fraction of sp³-hybridized carbons (Fsp3) is 0.714. The maximum atomic E-state index is 4.54. The van der Waals surface area contributed by atoms with Crippen LogP contribution in [0.1, 0.15) is 45.1 Å². The van der Waals surface area contributed by atoms with E-state index in [9.17, 15) is 0 Å². The maximum absolute atomic E-state index is 4.54. The Morgan fingerprint density at radius 1 is 1.17 bits per heavy atom. The number of anilines is 2. The lowest BCUT2D eigenvalue weighted by atomic mass is 10.1. The number of nitrogens with zero attached hydrogens (tertiary/aromatic N) is 3. The van der Waals surface area contributed by atoms with Gasteiger partial charge in [-0.25, -0.2) is 9.97 Å². The molecule has 0 bridgehead atoms. The lowest BCUT2D eigenvalue weighted by Gasteiger charge is -2.30. The highest BCUT2D eigenvalue weighted by molar-refractivity contribution is 5.59. The molecule has 0 radical (unpaired) electrons. The summed E-state index contributed by atoms with van der Waals surface area (Å²) >= 11 is 0. The van der Waals surface area contributed by atoms with E-state index in [1.807, 2.05) is 0 Å². The molecule has 2 rings (SSSR count). The van der Waals surface area contributed by atoms with Crippen molar-refractivity contribution in [1.29, 1.82) is 0 Å². The highest BCUT2D eigenvalue weighted by Crippen LogP contribution is 2.27. The topological polar surface area (TPSA) is 41.1 Å². The van der Waals surface area contributed by atoms with Gasteiger partial charge in [-0.1, -0.05) is 13.3 Å². The fourth-order valence-corrected chi connectivity index (χ4v) is 2.58. The van der Waals surface area contributed by atoms with E-state index in [4.69, 9.17) is 0 Å². The van der Waals surface area contributed by atoms with E-state index in [-0.39, 0.29) is 0 Å². The van der Waals surface area contributed by atoms with Crippen molar-refractivity contribution in [3.05, 3.63) is 11.9 Å². The second kappa shape index (κ2) is 6.57. The SMILES string of the molecule is CCCc1c(NCC)ncnc1N1CCCCC1. The van der Waals surface area contributed by atoms with Crippen LogP contribution in [0.25, 0.3) is 0 Å². The second-order valence-corrected chi connectivity index (χ2v) is 4.85. The molecule has 18 heavy (non-hydrogen) atoms. The first kappa shape index (κ1) is 13.1. The summed E-state index contributed by atoms with van der Waals surface area (Å²) < 4.78 is 0. The summed E-state index contributed by atoms with van der Waals surface area (Å²) in [5, 5.41) is 3.36. The molecule has 1 aliphatic heterocycles. The molecule has 100 valence electrons. The molecule has 0 aliphatic carbocycles. The number of hydrogen-bond donors (Lipinski definition) is 1. The normalized spacial score (nSPS) is 15.8. The molecule has 0 aromatic carbocycles. The third-order valence-corrected chi connectivity index (χ3v) is 3.42. The Kier molecular flexibility index (Phi) is 4.79. The number of rotatable bonds is 5. The first-order chi connectivity index (χ1) is 8.86. The number of piperidine rings is 1. The molecule has 4 heteroatoms. The lowest BCUT2D eigenvalue weighted by molar-refractivity contribution is 0.571. The van der Waals surface area contributed by atoms with Gasteiger partial charge < -0.3 is 10.2 Å². The molecule has 1 fully saturated rings. The van der Waals surface area contributed by atoms with Crippen LogP contribution in [-0.2, 0) is 6.42 Å². The van der Waals surface area contributed by atoms with Gasteiger partial charge in [0.2, 0.25) is 0 Å². The number of hydrogen-bond acceptors (Lipinski definition) is 4. The minimum atomic E-state index is 0.910. The highest BCUT2D eigenvalue weighted by Gasteiger charge is 2.18. The smallest absolute Gasteiger partial charge is 0.137 e. The number of nitrogens with one attached hydrogen (secondary N) is 1. The van der Waals surface area contributed by atoms with Gasteiger partial charge in [0.1, 0.15) is 18.0 Å². The molecule has 1 saturated heterocycles. The van der Waals surface area contributed by atoms with Crippen molar-refractivity contribution in [2.24, 2.45) is 0 Å². The molecule has 1 aromatic rings. The predicted molar refractivity (Wildman–Crippen MR) is 76.3 cm³/mol. The van der Waals surface area contributed by atoms with Gasteiger partial charge in [-0.15, -0.1) is 0 Å². The molecule has 0 spiro atoms. The second-order valence-electron chi connectivity index (χ2n) is 4.85. The van der Waals surface area contributed by atoms with E-state index >= 15 is 0 Å². The maximum Gasteiger partial charge on any atom is 0.137 e. The van der Waals surface area contributed by atoms with E-state index in [1.165, 1.54) is 24.8 Å². The van der Waals surface area contributed by atoms with E-state index in [0.29, 0.717) is 0 Å². The van der Waals surface area contributed by atoms with Crippen molar-refractivity contribution in [2.75, 3.05) is 29.9 Å². The van der Waals surface area contributed by atoms with Crippen molar-refractivity contribution >= 4 is 11.6 Å². The van der Waals surface area contributed by atoms with E-state index in [1.54, 1.807) is 6.33 Å². The summed E-state index contributed by atoms with van der Waals surface area (Å²) in [6.45, 7) is 7.51. The van der Waals surface area contributed by atoms with Crippen LogP contribution in [0.2, 0.25) is 0 Å². The van der Waals surface area contributed by atoms with E-state index in [0.717, 1.165) is 44.1 Å². The summed E-state index contributed by atoms with van der Waals surface area (Å²) in [7, 11) is 0. The Morgan fingerprint density at radius 3 is 2.61 bits per heavy atom. The quantitative estimate of drug-likeness (QED) is 0.870. The van der Waals surface area contributed by atoms with Crippen LogP contribution < -0.4 is 10.2 Å². The fourth-order valence-electron chi connectivity index (χ4n) is 2.58. The Balaban J connectivity index is 2.28. The molecule has 1 aromatic heterocycles. The summed E-state index contributed by atoms with van der Waals surface area (Å²) in [5.41, 5.74) is 1.30. The largest absolute Gasteiger partial charge is 0.370 e. The zero-order valence-electron chi connectivity index (χ0n) is 11.6. The average Bonchev–Trinajstić information content (AvgIpc) is 2.42. The Labute approximate surface area is 110 Å². The van der Waals surface area contributed by atoms with Gasteiger partial charge in [0, 0.05) is 25.2 Å². The van der Waals surface area contributed by atoms with E-state index in [2.05, 4.69) is 34.0 Å². The molecule has 0 atom stereocenters. The molecule has 4 nitrogen and oxygen atoms in total. The van der Waals surface area contributed by atoms with Crippen molar-refractivity contribution in [2.45, 2.75) is 46.0 Å². The molecule has 1 aliphatic rings. The van der Waals surface area contributed by atoms with Gasteiger partial charge in [0.15, 0.2) is 0 Å². The van der Waals surface area contributed by atoms with Crippen molar-refractivity contribution in [3.8, 4) is 0 Å². The molecule has 2 heterocycles. The zero-order valence-corrected chi connectivity index (χ0v) is 11.6. The number of aromatic nitrogens is 2. The first-order valence-electron chi connectivity index (χ1n) is 7.19. The standard InChI is InChI=1S/C14H24N4/c1-3-8-12-13(15-4-2)16-11-17-14(12)18-9-6-5-7-10-18/h11H,3-10H2,1-2H3,(H,15,16,17). The molecule has 0 amide bonds. The van der Waals surface area contributed by atoms with Gasteiger partial charge in [0.25, 0.3) is 0 Å². The molecular formula is C14H24N4. The van der Waals surface area contributed by atoms with Crippen molar-refractivity contribution < 1.29 is 0 Å². The molecule has 0 unspecified atom stereocenters. The lowest BCUT2D eigenvalue weighted by Crippen LogP contribution is -2.31. The van der Waals surface area contributed by atoms with E-state index < -0.39 is 0 Å². The minimum Gasteiger partial charge on any atom is -0.370 e. The minimum absolute atomic E-state index is 0.910. The van der Waals surface area contributed by atoms with Crippen LogP contribution in [0.5, 0.6) is 0 Å². The van der Waals surface area contributed by atoms with Gasteiger partial charge in [-0.05, 0) is 32.6 Å². The molecule has 1 N–H and O–H groups in total. The summed E-state index contributed by atoms with van der Waals surface area (Å²) in [6, 6.07) is 0. The van der Waals surface area contributed by atoms with Crippen LogP contribution in [0.4, 0.5) is 11.6 Å². The summed E-state index contributed by atoms with van der Waals surface area (Å²) in [4.78, 5) is 11.4. The van der Waals surface area contributed by atoms with Gasteiger partial charge in [0.05, 0.1) is 0 Å². The monoisotopic (exact) mass is 248 g/mol. The molecule has 0 saturated carbocycles. The predicted octanol–water partition coefficient (Wildman–Crippen LogP) is 2.85. The van der Waals surface area contributed by atoms with Crippen LogP contribution in [-0.4, -0.2) is 29.6 Å². The van der Waals surface area contributed by atoms with Crippen LogP contribution in [0.3, 0.4) is 0 Å². The Hall–Kier alpha value is -1.32. The molecular weight excluding hydrogens is 224 g/mol. The Bertz CT molecular complexity index is 372. The van der Waals surface area contributed by atoms with Crippen molar-refractivity contribution in [3.63, 3.8) is 0 Å². The third kappa shape index (κ3) is 2.92. The zero-order chi connectivity index (χ0) is 12.8. The van der Waals surface area contributed by atoms with Gasteiger partial charge in [-0.3, -0.25) is 0 Å². The average molecular weight is 248 g/mol. The first-order valence-corrected chi connectivity index (χ1v) is 7.19. The van der Waals surface area contributed by atoms with Crippen LogP contribution >= 0.6 is 0 Å². The third-order valence-electron chi connectivity index (χ3n) is 3.42. The van der Waals surface area contributed by atoms with Gasteiger partial charge >= 0.3 is 0 Å². The van der Waals surface area contributed by atoms with Crippen molar-refractivity contribution in [1.82, 2.24) is 9.97 Å². The van der Waals surface area contributed by atoms with Crippen LogP contribution in [0.15, 0.2) is 6.33 Å². The summed E-state index contributed by atoms with van der Waals surface area (Å²) in [5.74, 6) is 2.18.